The lowest BCUT2D eigenvalue weighted by atomic mass is 9.92. The summed E-state index contributed by atoms with van der Waals surface area (Å²) in [4.78, 5) is 2.32. The van der Waals surface area contributed by atoms with Gasteiger partial charge in [0.15, 0.2) is 0 Å². The van der Waals surface area contributed by atoms with E-state index in [0.29, 0.717) is 5.56 Å². The van der Waals surface area contributed by atoms with Crippen molar-refractivity contribution in [1.29, 1.82) is 5.26 Å². The fraction of sp³-hybridized carbons (Fsp3) is 0.533. The minimum atomic E-state index is 0.690. The molecule has 96 valence electrons. The standard InChI is InChI=1S/C15H21N3/c1-2-3-12-6-8-18(9-7-12)15-10-13(11-16)4-5-14(15)17/h4-5,10,12H,2-3,6-9,17H2,1H3. The number of nitriles is 1. The van der Waals surface area contributed by atoms with E-state index in [1.807, 2.05) is 12.1 Å². The van der Waals surface area contributed by atoms with Gasteiger partial charge in [-0.3, -0.25) is 0 Å². The Balaban J connectivity index is 2.07. The minimum absolute atomic E-state index is 0.690. The monoisotopic (exact) mass is 243 g/mol. The number of rotatable bonds is 3. The SMILES string of the molecule is CCCC1CCN(c2cc(C#N)ccc2N)CC1. The summed E-state index contributed by atoms with van der Waals surface area (Å²) in [5.41, 5.74) is 8.52. The molecule has 1 aliphatic heterocycles. The zero-order valence-electron chi connectivity index (χ0n) is 11.0. The van der Waals surface area contributed by atoms with Crippen molar-refractivity contribution in [2.45, 2.75) is 32.6 Å². The fourth-order valence-electron chi connectivity index (χ4n) is 2.76. The van der Waals surface area contributed by atoms with Crippen LogP contribution >= 0.6 is 0 Å². The van der Waals surface area contributed by atoms with E-state index in [0.717, 1.165) is 30.4 Å². The molecule has 1 saturated heterocycles. The van der Waals surface area contributed by atoms with Crippen LogP contribution in [0, 0.1) is 17.2 Å². The van der Waals surface area contributed by atoms with Crippen molar-refractivity contribution in [2.24, 2.45) is 5.92 Å². The summed E-state index contributed by atoms with van der Waals surface area (Å²) in [6.45, 7) is 4.37. The Morgan fingerprint density at radius 1 is 1.39 bits per heavy atom. The van der Waals surface area contributed by atoms with Crippen molar-refractivity contribution in [3.8, 4) is 6.07 Å². The lowest BCUT2D eigenvalue weighted by Crippen LogP contribution is -2.34. The highest BCUT2D eigenvalue weighted by molar-refractivity contribution is 5.69. The molecule has 3 nitrogen and oxygen atoms in total. The number of hydrogen-bond donors (Lipinski definition) is 1. The minimum Gasteiger partial charge on any atom is -0.397 e. The Hall–Kier alpha value is -1.69. The fourth-order valence-corrected chi connectivity index (χ4v) is 2.76. The van der Waals surface area contributed by atoms with Gasteiger partial charge in [-0.05, 0) is 37.0 Å². The molecule has 1 heterocycles. The molecular weight excluding hydrogens is 222 g/mol. The zero-order valence-corrected chi connectivity index (χ0v) is 11.0. The van der Waals surface area contributed by atoms with Gasteiger partial charge in [-0.15, -0.1) is 0 Å². The maximum absolute atomic E-state index is 8.95. The molecule has 0 unspecified atom stereocenters. The van der Waals surface area contributed by atoms with Gasteiger partial charge in [0.1, 0.15) is 0 Å². The summed E-state index contributed by atoms with van der Waals surface area (Å²) in [6, 6.07) is 7.71. The molecule has 0 aromatic heterocycles. The van der Waals surface area contributed by atoms with Crippen LogP contribution in [-0.4, -0.2) is 13.1 Å². The number of nitrogens with zero attached hydrogens (tertiary/aromatic N) is 2. The van der Waals surface area contributed by atoms with Crippen LogP contribution in [0.5, 0.6) is 0 Å². The molecular formula is C15H21N3. The van der Waals surface area contributed by atoms with E-state index in [9.17, 15) is 0 Å². The van der Waals surface area contributed by atoms with E-state index in [-0.39, 0.29) is 0 Å². The highest BCUT2D eigenvalue weighted by Gasteiger charge is 2.20. The molecule has 1 aromatic carbocycles. The molecule has 2 rings (SSSR count). The van der Waals surface area contributed by atoms with Crippen LogP contribution in [0.15, 0.2) is 18.2 Å². The van der Waals surface area contributed by atoms with Gasteiger partial charge in [0, 0.05) is 13.1 Å². The van der Waals surface area contributed by atoms with Gasteiger partial charge in [0.25, 0.3) is 0 Å². The van der Waals surface area contributed by atoms with E-state index in [4.69, 9.17) is 11.0 Å². The van der Waals surface area contributed by atoms with Crippen molar-refractivity contribution in [3.63, 3.8) is 0 Å². The first-order valence-corrected chi connectivity index (χ1v) is 6.79. The lowest BCUT2D eigenvalue weighted by Gasteiger charge is -2.34. The molecule has 0 aliphatic carbocycles. The maximum Gasteiger partial charge on any atom is 0.0992 e. The van der Waals surface area contributed by atoms with E-state index in [1.165, 1.54) is 25.7 Å². The van der Waals surface area contributed by atoms with Gasteiger partial charge in [0.05, 0.1) is 23.0 Å². The van der Waals surface area contributed by atoms with Gasteiger partial charge < -0.3 is 10.6 Å². The van der Waals surface area contributed by atoms with Crippen LogP contribution in [0.25, 0.3) is 0 Å². The summed E-state index contributed by atoms with van der Waals surface area (Å²) in [5, 5.41) is 8.95. The molecule has 0 spiro atoms. The maximum atomic E-state index is 8.95. The number of nitrogens with two attached hydrogens (primary N) is 1. The summed E-state index contributed by atoms with van der Waals surface area (Å²) in [5.74, 6) is 0.867. The van der Waals surface area contributed by atoms with Crippen LogP contribution in [0.1, 0.15) is 38.2 Å². The molecule has 1 fully saturated rings. The summed E-state index contributed by atoms with van der Waals surface area (Å²) in [6.07, 6.45) is 5.09. The Bertz CT molecular complexity index is 440. The van der Waals surface area contributed by atoms with E-state index < -0.39 is 0 Å². The van der Waals surface area contributed by atoms with Crippen LogP contribution < -0.4 is 10.6 Å². The van der Waals surface area contributed by atoms with Crippen molar-refractivity contribution in [3.05, 3.63) is 23.8 Å². The largest absolute Gasteiger partial charge is 0.397 e. The van der Waals surface area contributed by atoms with Crippen LogP contribution in [-0.2, 0) is 0 Å². The molecule has 1 aromatic rings. The summed E-state index contributed by atoms with van der Waals surface area (Å²) in [7, 11) is 0. The first kappa shape index (κ1) is 12.8. The Morgan fingerprint density at radius 2 is 2.11 bits per heavy atom. The third-order valence-electron chi connectivity index (χ3n) is 3.81. The molecule has 0 radical (unpaired) electrons. The second-order valence-corrected chi connectivity index (χ2v) is 5.10. The third kappa shape index (κ3) is 2.76. The second-order valence-electron chi connectivity index (χ2n) is 5.10. The highest BCUT2D eigenvalue weighted by atomic mass is 15.1. The predicted molar refractivity (Wildman–Crippen MR) is 75.4 cm³/mol. The molecule has 0 bridgehead atoms. The molecule has 0 amide bonds. The average Bonchev–Trinajstić information content (AvgIpc) is 2.41. The van der Waals surface area contributed by atoms with E-state index >= 15 is 0 Å². The van der Waals surface area contributed by atoms with Crippen LogP contribution in [0.4, 0.5) is 11.4 Å². The zero-order chi connectivity index (χ0) is 13.0. The van der Waals surface area contributed by atoms with Gasteiger partial charge in [0.2, 0.25) is 0 Å². The predicted octanol–water partition coefficient (Wildman–Crippen LogP) is 3.16. The normalized spacial score (nSPS) is 16.6. The number of hydrogen-bond acceptors (Lipinski definition) is 3. The van der Waals surface area contributed by atoms with Crippen molar-refractivity contribution >= 4 is 11.4 Å². The Morgan fingerprint density at radius 3 is 2.72 bits per heavy atom. The third-order valence-corrected chi connectivity index (χ3v) is 3.81. The van der Waals surface area contributed by atoms with Gasteiger partial charge >= 0.3 is 0 Å². The highest BCUT2D eigenvalue weighted by Crippen LogP contribution is 2.30. The first-order chi connectivity index (χ1) is 8.74. The molecule has 1 aliphatic rings. The number of benzene rings is 1. The topological polar surface area (TPSA) is 53.0 Å². The number of nitrogen functional groups attached to an aromatic ring is 1. The van der Waals surface area contributed by atoms with Crippen molar-refractivity contribution < 1.29 is 0 Å². The molecule has 18 heavy (non-hydrogen) atoms. The Labute approximate surface area is 109 Å². The summed E-state index contributed by atoms with van der Waals surface area (Å²) >= 11 is 0. The van der Waals surface area contributed by atoms with E-state index in [2.05, 4.69) is 17.9 Å². The first-order valence-electron chi connectivity index (χ1n) is 6.79. The van der Waals surface area contributed by atoms with Gasteiger partial charge in [-0.1, -0.05) is 19.8 Å². The number of anilines is 2. The van der Waals surface area contributed by atoms with Crippen molar-refractivity contribution in [2.75, 3.05) is 23.7 Å². The molecule has 0 saturated carbocycles. The second kappa shape index (κ2) is 5.77. The van der Waals surface area contributed by atoms with Gasteiger partial charge in [-0.25, -0.2) is 0 Å². The Kier molecular flexibility index (Phi) is 4.09. The van der Waals surface area contributed by atoms with E-state index in [1.54, 1.807) is 6.07 Å². The lowest BCUT2D eigenvalue weighted by molar-refractivity contribution is 0.378. The number of piperidine rings is 1. The molecule has 0 atom stereocenters. The average molecular weight is 243 g/mol. The van der Waals surface area contributed by atoms with Crippen molar-refractivity contribution in [1.82, 2.24) is 0 Å². The molecule has 2 N–H and O–H groups in total. The summed E-state index contributed by atoms with van der Waals surface area (Å²) < 4.78 is 0. The quantitative estimate of drug-likeness (QED) is 0.830. The van der Waals surface area contributed by atoms with Gasteiger partial charge in [-0.2, -0.15) is 5.26 Å². The molecule has 3 heteroatoms. The smallest absolute Gasteiger partial charge is 0.0992 e. The van der Waals surface area contributed by atoms with Crippen LogP contribution in [0.3, 0.4) is 0 Å². The van der Waals surface area contributed by atoms with Crippen LogP contribution in [0.2, 0.25) is 0 Å².